The summed E-state index contributed by atoms with van der Waals surface area (Å²) in [6.07, 6.45) is 0. The van der Waals surface area contributed by atoms with Crippen molar-refractivity contribution in [2.45, 2.75) is 0 Å². The van der Waals surface area contributed by atoms with E-state index in [0.717, 1.165) is 33.9 Å². The van der Waals surface area contributed by atoms with Gasteiger partial charge in [-0.2, -0.15) is 0 Å². The van der Waals surface area contributed by atoms with E-state index >= 15 is 0 Å². The second-order valence-electron chi connectivity index (χ2n) is 15.0. The van der Waals surface area contributed by atoms with Gasteiger partial charge in [0, 0.05) is 53.3 Å². The van der Waals surface area contributed by atoms with E-state index < -0.39 is 0 Å². The van der Waals surface area contributed by atoms with E-state index in [1.165, 1.54) is 80.3 Å². The Balaban J connectivity index is 0.911. The molecule has 0 aliphatic rings. The zero-order valence-electron chi connectivity index (χ0n) is 31.3. The smallest absolute Gasteiger partial charge is 0.160 e. The summed E-state index contributed by atoms with van der Waals surface area (Å²) in [4.78, 5) is 10.1. The molecule has 0 aliphatic heterocycles. The summed E-state index contributed by atoms with van der Waals surface area (Å²) >= 11 is 1.84. The standard InChI is InChI=1S/C54H33N3S/c1-3-11-34(12-4-1)48-33-49(56-54(55-48)35-13-5-2-6-14-35)42-23-26-46-45-25-22-41(31-52(45)58-53(46)32-42)38-19-20-40-28-43(24-21-39(40)27-38)57-50-18-10-9-17-44(50)47-29-36-15-7-8-16-37(36)30-51(47)57/h1-33H. The van der Waals surface area contributed by atoms with Gasteiger partial charge in [-0.15, -0.1) is 11.3 Å². The van der Waals surface area contributed by atoms with Crippen molar-refractivity contribution < 1.29 is 0 Å². The van der Waals surface area contributed by atoms with Crippen LogP contribution in [0.15, 0.2) is 200 Å². The van der Waals surface area contributed by atoms with Crippen LogP contribution in [0.25, 0.3) is 114 Å². The highest BCUT2D eigenvalue weighted by atomic mass is 32.1. The SMILES string of the molecule is c1ccc(-c2cc(-c3ccc4c(c3)sc3cc(-c5ccc6cc(-n7c8ccccc8c8cc9ccccc9cc87)ccc6c5)ccc34)nc(-c3ccccc3)n2)cc1. The lowest BCUT2D eigenvalue weighted by Gasteiger charge is -2.11. The van der Waals surface area contributed by atoms with E-state index in [-0.39, 0.29) is 0 Å². The summed E-state index contributed by atoms with van der Waals surface area (Å²) in [5.41, 5.74) is 11.0. The predicted molar refractivity (Wildman–Crippen MR) is 246 cm³/mol. The van der Waals surface area contributed by atoms with Gasteiger partial charge in [-0.1, -0.05) is 146 Å². The van der Waals surface area contributed by atoms with Gasteiger partial charge < -0.3 is 4.57 Å². The van der Waals surface area contributed by atoms with Gasteiger partial charge in [-0.3, -0.25) is 0 Å². The van der Waals surface area contributed by atoms with Gasteiger partial charge in [0.15, 0.2) is 5.82 Å². The van der Waals surface area contributed by atoms with Crippen molar-refractivity contribution in [2.24, 2.45) is 0 Å². The van der Waals surface area contributed by atoms with Crippen LogP contribution in [0.1, 0.15) is 0 Å². The highest BCUT2D eigenvalue weighted by Gasteiger charge is 2.16. The van der Waals surface area contributed by atoms with E-state index in [2.05, 4.69) is 180 Å². The minimum atomic E-state index is 0.727. The molecule has 0 spiro atoms. The molecular weight excluding hydrogens is 723 g/mol. The molecule has 3 aromatic heterocycles. The number of hydrogen-bond acceptors (Lipinski definition) is 3. The molecule has 12 aromatic rings. The first-order valence-electron chi connectivity index (χ1n) is 19.6. The van der Waals surface area contributed by atoms with Crippen molar-refractivity contribution in [3.05, 3.63) is 200 Å². The fraction of sp³-hybridized carbons (Fsp3) is 0. The monoisotopic (exact) mass is 755 g/mol. The predicted octanol–water partition coefficient (Wildman–Crippen LogP) is 14.9. The zero-order chi connectivity index (χ0) is 38.2. The average molecular weight is 756 g/mol. The number of para-hydroxylation sites is 1. The Morgan fingerprint density at radius 2 is 0.897 bits per heavy atom. The first kappa shape index (κ1) is 32.8. The Hall–Kier alpha value is -7.40. The Morgan fingerprint density at radius 3 is 1.69 bits per heavy atom. The zero-order valence-corrected chi connectivity index (χ0v) is 32.1. The number of aromatic nitrogens is 3. The van der Waals surface area contributed by atoms with Crippen LogP contribution >= 0.6 is 11.3 Å². The van der Waals surface area contributed by atoms with Crippen LogP contribution in [-0.4, -0.2) is 14.5 Å². The molecule has 270 valence electrons. The maximum atomic E-state index is 5.09. The molecule has 0 saturated carbocycles. The highest BCUT2D eigenvalue weighted by Crippen LogP contribution is 2.40. The maximum absolute atomic E-state index is 5.09. The summed E-state index contributed by atoms with van der Waals surface area (Å²) in [6, 6.07) is 72.2. The first-order chi connectivity index (χ1) is 28.7. The van der Waals surface area contributed by atoms with Gasteiger partial charge in [-0.25, -0.2) is 9.97 Å². The Kier molecular flexibility index (Phi) is 7.40. The molecule has 0 unspecified atom stereocenters. The van der Waals surface area contributed by atoms with Crippen molar-refractivity contribution in [2.75, 3.05) is 0 Å². The number of hydrogen-bond donors (Lipinski definition) is 0. The van der Waals surface area contributed by atoms with Crippen molar-refractivity contribution in [1.82, 2.24) is 14.5 Å². The Labute approximate surface area is 338 Å². The van der Waals surface area contributed by atoms with Gasteiger partial charge in [0.25, 0.3) is 0 Å². The lowest BCUT2D eigenvalue weighted by molar-refractivity contribution is 1.18. The summed E-state index contributed by atoms with van der Waals surface area (Å²) < 4.78 is 4.94. The van der Waals surface area contributed by atoms with Crippen molar-refractivity contribution in [1.29, 1.82) is 0 Å². The van der Waals surface area contributed by atoms with Crippen LogP contribution in [0.4, 0.5) is 0 Å². The minimum absolute atomic E-state index is 0.727. The molecule has 0 bridgehead atoms. The van der Waals surface area contributed by atoms with Gasteiger partial charge >= 0.3 is 0 Å². The number of benzene rings is 9. The van der Waals surface area contributed by atoms with Crippen LogP contribution in [0.3, 0.4) is 0 Å². The van der Waals surface area contributed by atoms with Crippen LogP contribution < -0.4 is 0 Å². The summed E-state index contributed by atoms with van der Waals surface area (Å²) in [7, 11) is 0. The third-order valence-electron chi connectivity index (χ3n) is 11.6. The summed E-state index contributed by atoms with van der Waals surface area (Å²) in [5, 5.41) is 10.1. The summed E-state index contributed by atoms with van der Waals surface area (Å²) in [5.74, 6) is 0.727. The highest BCUT2D eigenvalue weighted by molar-refractivity contribution is 7.25. The number of nitrogens with zero attached hydrogens (tertiary/aromatic N) is 3. The molecule has 0 saturated heterocycles. The third kappa shape index (κ3) is 5.42. The lowest BCUT2D eigenvalue weighted by Crippen LogP contribution is -1.95. The number of thiophene rings is 1. The van der Waals surface area contributed by atoms with E-state index in [1.54, 1.807) is 0 Å². The van der Waals surface area contributed by atoms with E-state index in [4.69, 9.17) is 9.97 Å². The molecule has 0 fully saturated rings. The molecule has 9 aromatic carbocycles. The maximum Gasteiger partial charge on any atom is 0.160 e. The average Bonchev–Trinajstić information content (AvgIpc) is 3.82. The van der Waals surface area contributed by atoms with Gasteiger partial charge in [0.2, 0.25) is 0 Å². The van der Waals surface area contributed by atoms with E-state index in [1.807, 2.05) is 35.6 Å². The quantitative estimate of drug-likeness (QED) is 0.175. The molecule has 4 heteroatoms. The van der Waals surface area contributed by atoms with E-state index in [9.17, 15) is 0 Å². The largest absolute Gasteiger partial charge is 0.309 e. The van der Waals surface area contributed by atoms with Crippen LogP contribution in [0.2, 0.25) is 0 Å². The van der Waals surface area contributed by atoms with Crippen LogP contribution in [0.5, 0.6) is 0 Å². The van der Waals surface area contributed by atoms with Gasteiger partial charge in [-0.05, 0) is 87.3 Å². The second-order valence-corrected chi connectivity index (χ2v) is 16.1. The molecule has 0 radical (unpaired) electrons. The lowest BCUT2D eigenvalue weighted by atomic mass is 9.99. The molecule has 0 atom stereocenters. The molecule has 3 nitrogen and oxygen atoms in total. The Morgan fingerprint density at radius 1 is 0.328 bits per heavy atom. The van der Waals surface area contributed by atoms with Crippen LogP contribution in [0, 0.1) is 0 Å². The Bertz CT molecular complexity index is 3510. The molecule has 0 aliphatic carbocycles. The molecule has 0 N–H and O–H groups in total. The molecular formula is C54H33N3S. The van der Waals surface area contributed by atoms with Gasteiger partial charge in [0.05, 0.1) is 22.4 Å². The fourth-order valence-electron chi connectivity index (χ4n) is 8.67. The van der Waals surface area contributed by atoms with Crippen molar-refractivity contribution in [3.8, 4) is 50.7 Å². The molecule has 58 heavy (non-hydrogen) atoms. The third-order valence-corrected chi connectivity index (χ3v) is 12.7. The number of fused-ring (bicyclic) bond motifs is 8. The molecule has 12 rings (SSSR count). The van der Waals surface area contributed by atoms with Crippen molar-refractivity contribution >= 4 is 74.9 Å². The number of rotatable bonds is 5. The fourth-order valence-corrected chi connectivity index (χ4v) is 9.85. The van der Waals surface area contributed by atoms with Crippen molar-refractivity contribution in [3.63, 3.8) is 0 Å². The molecule has 0 amide bonds. The van der Waals surface area contributed by atoms with Gasteiger partial charge in [0.1, 0.15) is 0 Å². The summed E-state index contributed by atoms with van der Waals surface area (Å²) in [6.45, 7) is 0. The minimum Gasteiger partial charge on any atom is -0.309 e. The molecule has 3 heterocycles. The van der Waals surface area contributed by atoms with Crippen LogP contribution in [-0.2, 0) is 0 Å². The normalized spacial score (nSPS) is 11.8. The van der Waals surface area contributed by atoms with E-state index in [0.29, 0.717) is 0 Å². The topological polar surface area (TPSA) is 30.7 Å². The first-order valence-corrected chi connectivity index (χ1v) is 20.5. The second kappa shape index (κ2) is 13.1.